The van der Waals surface area contributed by atoms with E-state index in [9.17, 15) is 0 Å². The zero-order chi connectivity index (χ0) is 41.1. The summed E-state index contributed by atoms with van der Waals surface area (Å²) in [5.41, 5.74) is 16.8. The zero-order valence-corrected chi connectivity index (χ0v) is 34.5. The molecule has 0 aliphatic carbocycles. The Balaban J connectivity index is 1.11. The molecule has 0 spiro atoms. The van der Waals surface area contributed by atoms with Crippen LogP contribution < -0.4 is 4.90 Å². The Hall–Kier alpha value is -7.62. The van der Waals surface area contributed by atoms with E-state index in [0.717, 1.165) is 55.8 Å². The molecule has 0 aliphatic heterocycles. The van der Waals surface area contributed by atoms with Gasteiger partial charge >= 0.3 is 0 Å². The van der Waals surface area contributed by atoms with Gasteiger partial charge in [0.2, 0.25) is 0 Å². The van der Waals surface area contributed by atoms with Crippen LogP contribution in [0, 0.1) is 0 Å². The predicted octanol–water partition coefficient (Wildman–Crippen LogP) is 16.5. The maximum absolute atomic E-state index is 6.47. The van der Waals surface area contributed by atoms with Crippen LogP contribution in [0.2, 0.25) is 0 Å². The van der Waals surface area contributed by atoms with E-state index in [2.05, 4.69) is 230 Å². The van der Waals surface area contributed by atoms with Gasteiger partial charge < -0.3 is 13.9 Å². The first-order chi connectivity index (χ1) is 29.9. The second kappa shape index (κ2) is 14.6. The minimum absolute atomic E-state index is 0.0583. The Morgan fingerprint density at radius 3 is 1.56 bits per heavy atom. The first-order valence-electron chi connectivity index (χ1n) is 21.1. The standard InChI is InChI=1S/C58H44N2O/c1-58(2,3)43-30-24-41(25-31-43)47-37-36-46(38-55(47)60-53-21-10-7-16-49(53)50-17-8-11-22-54(50)60)59(44-32-26-40(27-33-44)39-14-5-4-6-15-39)45-34-28-42(29-35-45)48-19-13-20-52-51-18-9-12-23-56(51)61-57(48)52/h4-38H,1-3H3. The number of benzene rings is 9. The van der Waals surface area contributed by atoms with E-state index in [1.807, 2.05) is 12.1 Å². The quantitative estimate of drug-likeness (QED) is 0.161. The number of furan rings is 1. The predicted molar refractivity (Wildman–Crippen MR) is 258 cm³/mol. The lowest BCUT2D eigenvalue weighted by molar-refractivity contribution is 0.590. The maximum atomic E-state index is 6.47. The SMILES string of the molecule is CC(C)(C)c1ccc(-c2ccc(N(c3ccc(-c4ccccc4)cc3)c3ccc(-c4cccc5c4oc4ccccc45)cc3)cc2-n2c3ccccc3c3ccccc32)cc1. The number of anilines is 3. The van der Waals surface area contributed by atoms with Crippen LogP contribution in [0.3, 0.4) is 0 Å². The molecule has 61 heavy (non-hydrogen) atoms. The first kappa shape index (κ1) is 36.5. The molecule has 3 nitrogen and oxygen atoms in total. The van der Waals surface area contributed by atoms with Crippen LogP contribution in [0.15, 0.2) is 217 Å². The molecule has 292 valence electrons. The molecule has 0 fully saturated rings. The summed E-state index contributed by atoms with van der Waals surface area (Å²) in [6, 6.07) is 76.8. The lowest BCUT2D eigenvalue weighted by Crippen LogP contribution is -2.11. The molecule has 0 saturated heterocycles. The largest absolute Gasteiger partial charge is 0.455 e. The van der Waals surface area contributed by atoms with Gasteiger partial charge in [-0.25, -0.2) is 0 Å². The molecule has 0 unspecified atom stereocenters. The van der Waals surface area contributed by atoms with Gasteiger partial charge in [0.25, 0.3) is 0 Å². The van der Waals surface area contributed by atoms with Gasteiger partial charge in [-0.2, -0.15) is 0 Å². The molecule has 0 aliphatic rings. The lowest BCUT2D eigenvalue weighted by atomic mass is 9.86. The highest BCUT2D eigenvalue weighted by Gasteiger charge is 2.21. The van der Waals surface area contributed by atoms with Crippen LogP contribution in [0.5, 0.6) is 0 Å². The van der Waals surface area contributed by atoms with Crippen LogP contribution in [0.1, 0.15) is 26.3 Å². The fraction of sp³-hybridized carbons (Fsp3) is 0.0690. The molecule has 2 heterocycles. The second-order valence-electron chi connectivity index (χ2n) is 17.0. The van der Waals surface area contributed by atoms with E-state index in [-0.39, 0.29) is 5.41 Å². The van der Waals surface area contributed by atoms with Crippen molar-refractivity contribution in [3.05, 3.63) is 218 Å². The van der Waals surface area contributed by atoms with E-state index >= 15 is 0 Å². The summed E-state index contributed by atoms with van der Waals surface area (Å²) >= 11 is 0. The van der Waals surface area contributed by atoms with Crippen molar-refractivity contribution in [2.45, 2.75) is 26.2 Å². The van der Waals surface area contributed by atoms with E-state index < -0.39 is 0 Å². The normalized spacial score (nSPS) is 11.9. The molecule has 0 saturated carbocycles. The van der Waals surface area contributed by atoms with Crippen LogP contribution in [0.25, 0.3) is 82.8 Å². The number of nitrogens with zero attached hydrogens (tertiary/aromatic N) is 2. The zero-order valence-electron chi connectivity index (χ0n) is 34.5. The molecule has 0 radical (unpaired) electrons. The third kappa shape index (κ3) is 6.38. The molecule has 0 amide bonds. The monoisotopic (exact) mass is 784 g/mol. The minimum Gasteiger partial charge on any atom is -0.455 e. The highest BCUT2D eigenvalue weighted by molar-refractivity contribution is 6.11. The van der Waals surface area contributed by atoms with Crippen LogP contribution in [0.4, 0.5) is 17.1 Å². The molecular weight excluding hydrogens is 741 g/mol. The minimum atomic E-state index is 0.0583. The summed E-state index contributed by atoms with van der Waals surface area (Å²) in [5.74, 6) is 0. The summed E-state index contributed by atoms with van der Waals surface area (Å²) in [6.07, 6.45) is 0. The summed E-state index contributed by atoms with van der Waals surface area (Å²) in [5, 5.41) is 4.73. The topological polar surface area (TPSA) is 21.3 Å². The van der Waals surface area contributed by atoms with Crippen LogP contribution in [-0.2, 0) is 5.41 Å². The number of fused-ring (bicyclic) bond motifs is 6. The van der Waals surface area contributed by atoms with Gasteiger partial charge in [-0.3, -0.25) is 0 Å². The van der Waals surface area contributed by atoms with Gasteiger partial charge in [0, 0.05) is 49.7 Å². The summed E-state index contributed by atoms with van der Waals surface area (Å²) < 4.78 is 8.92. The smallest absolute Gasteiger partial charge is 0.143 e. The number of para-hydroxylation sites is 4. The van der Waals surface area contributed by atoms with Crippen molar-refractivity contribution < 1.29 is 4.42 Å². The number of rotatable bonds is 7. The van der Waals surface area contributed by atoms with E-state index in [4.69, 9.17) is 4.42 Å². The van der Waals surface area contributed by atoms with E-state index in [0.29, 0.717) is 0 Å². The van der Waals surface area contributed by atoms with Gasteiger partial charge in [-0.1, -0.05) is 178 Å². The molecule has 0 atom stereocenters. The van der Waals surface area contributed by atoms with Gasteiger partial charge in [0.05, 0.1) is 16.7 Å². The Labute approximate surface area is 356 Å². The highest BCUT2D eigenvalue weighted by Crippen LogP contribution is 2.43. The third-order valence-electron chi connectivity index (χ3n) is 12.2. The molecule has 3 heteroatoms. The van der Waals surface area contributed by atoms with E-state index in [1.165, 1.54) is 49.6 Å². The fourth-order valence-electron chi connectivity index (χ4n) is 9.07. The molecule has 11 aromatic rings. The fourth-order valence-corrected chi connectivity index (χ4v) is 9.07. The molecule has 0 N–H and O–H groups in total. The Kier molecular flexibility index (Phi) is 8.72. The Morgan fingerprint density at radius 1 is 0.393 bits per heavy atom. The highest BCUT2D eigenvalue weighted by atomic mass is 16.3. The van der Waals surface area contributed by atoms with Crippen molar-refractivity contribution in [1.29, 1.82) is 0 Å². The molecule has 9 aromatic carbocycles. The summed E-state index contributed by atoms with van der Waals surface area (Å²) in [7, 11) is 0. The Bertz CT molecular complexity index is 3310. The van der Waals surface area contributed by atoms with Crippen molar-refractivity contribution >= 4 is 60.8 Å². The molecule has 11 rings (SSSR count). The van der Waals surface area contributed by atoms with Gasteiger partial charge in [0.15, 0.2) is 0 Å². The van der Waals surface area contributed by atoms with Crippen molar-refractivity contribution in [2.75, 3.05) is 4.90 Å². The molecule has 0 bridgehead atoms. The van der Waals surface area contributed by atoms with Crippen molar-refractivity contribution in [1.82, 2.24) is 4.57 Å². The van der Waals surface area contributed by atoms with Crippen LogP contribution >= 0.6 is 0 Å². The maximum Gasteiger partial charge on any atom is 0.143 e. The average molecular weight is 785 g/mol. The van der Waals surface area contributed by atoms with Gasteiger partial charge in [0.1, 0.15) is 11.2 Å². The Morgan fingerprint density at radius 2 is 0.902 bits per heavy atom. The van der Waals surface area contributed by atoms with Crippen molar-refractivity contribution in [2.24, 2.45) is 0 Å². The first-order valence-corrected chi connectivity index (χ1v) is 21.1. The van der Waals surface area contributed by atoms with E-state index in [1.54, 1.807) is 0 Å². The third-order valence-corrected chi connectivity index (χ3v) is 12.2. The molecule has 2 aromatic heterocycles. The van der Waals surface area contributed by atoms with Gasteiger partial charge in [-0.15, -0.1) is 0 Å². The lowest BCUT2D eigenvalue weighted by Gasteiger charge is -2.27. The second-order valence-corrected chi connectivity index (χ2v) is 17.0. The number of hydrogen-bond acceptors (Lipinski definition) is 2. The summed E-state index contributed by atoms with van der Waals surface area (Å²) in [6.45, 7) is 6.81. The number of hydrogen-bond donors (Lipinski definition) is 0. The van der Waals surface area contributed by atoms with Crippen molar-refractivity contribution in [3.63, 3.8) is 0 Å². The number of aromatic nitrogens is 1. The average Bonchev–Trinajstić information content (AvgIpc) is 3.86. The molecular formula is C58H44N2O. The van der Waals surface area contributed by atoms with Gasteiger partial charge in [-0.05, 0) is 87.8 Å². The summed E-state index contributed by atoms with van der Waals surface area (Å²) in [4.78, 5) is 2.38. The van der Waals surface area contributed by atoms with Crippen molar-refractivity contribution in [3.8, 4) is 39.1 Å². The van der Waals surface area contributed by atoms with Crippen LogP contribution in [-0.4, -0.2) is 4.57 Å².